The van der Waals surface area contributed by atoms with Crippen molar-refractivity contribution in [1.29, 1.82) is 0 Å². The van der Waals surface area contributed by atoms with E-state index in [1.165, 1.54) is 6.92 Å². The van der Waals surface area contributed by atoms with E-state index < -0.39 is 0 Å². The van der Waals surface area contributed by atoms with Gasteiger partial charge in [0.15, 0.2) is 0 Å². The van der Waals surface area contributed by atoms with Crippen LogP contribution in [0.5, 0.6) is 0 Å². The molecule has 0 bridgehead atoms. The van der Waals surface area contributed by atoms with E-state index in [0.29, 0.717) is 0 Å². The van der Waals surface area contributed by atoms with Crippen LogP contribution in [0.4, 0.5) is 0 Å². The molecule has 80 valence electrons. The van der Waals surface area contributed by atoms with E-state index in [1.807, 2.05) is 30.3 Å². The van der Waals surface area contributed by atoms with Gasteiger partial charge < -0.3 is 0 Å². The Bertz CT molecular complexity index is 344. The first-order valence-corrected chi connectivity index (χ1v) is 5.12. The summed E-state index contributed by atoms with van der Waals surface area (Å²) < 4.78 is 0. The number of carbonyl (C=O) groups is 1. The van der Waals surface area contributed by atoms with Crippen LogP contribution in [-0.2, 0) is 4.79 Å². The van der Waals surface area contributed by atoms with Gasteiger partial charge in [0.05, 0.1) is 5.71 Å². The van der Waals surface area contributed by atoms with Crippen molar-refractivity contribution in [2.75, 3.05) is 0 Å². The molecule has 0 aliphatic rings. The highest BCUT2D eigenvalue weighted by Gasteiger charge is 2.01. The van der Waals surface area contributed by atoms with Crippen LogP contribution in [0.3, 0.4) is 0 Å². The van der Waals surface area contributed by atoms with Crippen molar-refractivity contribution in [3.05, 3.63) is 35.9 Å². The number of nitrogens with zero attached hydrogens (tertiary/aromatic N) is 1. The van der Waals surface area contributed by atoms with E-state index in [0.717, 1.165) is 24.1 Å². The standard InChI is InChI=1S/C12H16N2O/c1-3-7-12(14-13-10(2)15)11-8-5-4-6-9-11/h4-6,8-9H,3,7H2,1-2H3,(H,13,15)/b14-12+. The number of benzene rings is 1. The second kappa shape index (κ2) is 5.96. The average Bonchev–Trinajstić information content (AvgIpc) is 2.25. The average molecular weight is 204 g/mol. The van der Waals surface area contributed by atoms with Crippen LogP contribution in [0.2, 0.25) is 0 Å². The maximum Gasteiger partial charge on any atom is 0.236 e. The molecule has 1 rings (SSSR count). The molecule has 15 heavy (non-hydrogen) atoms. The minimum atomic E-state index is -0.139. The topological polar surface area (TPSA) is 41.5 Å². The Kier molecular flexibility index (Phi) is 4.54. The molecule has 0 unspecified atom stereocenters. The van der Waals surface area contributed by atoms with Gasteiger partial charge in [-0.05, 0) is 12.0 Å². The lowest BCUT2D eigenvalue weighted by atomic mass is 10.1. The molecular formula is C12H16N2O. The predicted molar refractivity (Wildman–Crippen MR) is 61.7 cm³/mol. The Hall–Kier alpha value is -1.64. The number of hydrazone groups is 1. The van der Waals surface area contributed by atoms with Crippen LogP contribution < -0.4 is 5.43 Å². The summed E-state index contributed by atoms with van der Waals surface area (Å²) in [4.78, 5) is 10.8. The van der Waals surface area contributed by atoms with Gasteiger partial charge in [0, 0.05) is 6.92 Å². The van der Waals surface area contributed by atoms with E-state index in [-0.39, 0.29) is 5.91 Å². The summed E-state index contributed by atoms with van der Waals surface area (Å²) in [5, 5.41) is 4.10. The van der Waals surface area contributed by atoms with Gasteiger partial charge in [-0.25, -0.2) is 5.43 Å². The van der Waals surface area contributed by atoms with Crippen molar-refractivity contribution in [2.45, 2.75) is 26.7 Å². The Labute approximate surface area is 90.2 Å². The van der Waals surface area contributed by atoms with Crippen molar-refractivity contribution in [2.24, 2.45) is 5.10 Å². The van der Waals surface area contributed by atoms with Crippen molar-refractivity contribution >= 4 is 11.6 Å². The summed E-state index contributed by atoms with van der Waals surface area (Å²) >= 11 is 0. The zero-order valence-electron chi connectivity index (χ0n) is 9.16. The van der Waals surface area contributed by atoms with E-state index in [9.17, 15) is 4.79 Å². The minimum absolute atomic E-state index is 0.139. The summed E-state index contributed by atoms with van der Waals surface area (Å²) in [6, 6.07) is 9.89. The maximum absolute atomic E-state index is 10.8. The van der Waals surface area contributed by atoms with Crippen LogP contribution in [0.1, 0.15) is 32.3 Å². The van der Waals surface area contributed by atoms with Gasteiger partial charge in [-0.1, -0.05) is 43.7 Å². The highest BCUT2D eigenvalue weighted by molar-refractivity contribution is 6.00. The van der Waals surface area contributed by atoms with Crippen LogP contribution in [0, 0.1) is 0 Å². The molecule has 3 nitrogen and oxygen atoms in total. The first kappa shape index (κ1) is 11.4. The highest BCUT2D eigenvalue weighted by atomic mass is 16.2. The Balaban J connectivity index is 2.83. The summed E-state index contributed by atoms with van der Waals surface area (Å²) in [7, 11) is 0. The summed E-state index contributed by atoms with van der Waals surface area (Å²) in [6.07, 6.45) is 1.87. The third kappa shape index (κ3) is 3.94. The number of carbonyl (C=O) groups excluding carboxylic acids is 1. The summed E-state index contributed by atoms with van der Waals surface area (Å²) in [6.45, 7) is 3.55. The molecule has 0 spiro atoms. The Morgan fingerprint density at radius 1 is 1.33 bits per heavy atom. The van der Waals surface area contributed by atoms with Crippen LogP contribution in [-0.4, -0.2) is 11.6 Å². The monoisotopic (exact) mass is 204 g/mol. The number of nitrogens with one attached hydrogen (secondary N) is 1. The maximum atomic E-state index is 10.8. The van der Waals surface area contributed by atoms with E-state index in [4.69, 9.17) is 0 Å². The molecule has 0 radical (unpaired) electrons. The molecule has 3 heteroatoms. The SMILES string of the molecule is CCC/C(=N\NC(C)=O)c1ccccc1. The fourth-order valence-corrected chi connectivity index (χ4v) is 1.28. The van der Waals surface area contributed by atoms with Crippen molar-refractivity contribution in [1.82, 2.24) is 5.43 Å². The van der Waals surface area contributed by atoms with Crippen LogP contribution in [0.25, 0.3) is 0 Å². The van der Waals surface area contributed by atoms with Gasteiger partial charge in [-0.15, -0.1) is 0 Å². The normalized spacial score (nSPS) is 11.2. The highest BCUT2D eigenvalue weighted by Crippen LogP contribution is 2.05. The molecule has 0 heterocycles. The first-order valence-electron chi connectivity index (χ1n) is 5.12. The van der Waals surface area contributed by atoms with E-state index in [2.05, 4.69) is 17.5 Å². The lowest BCUT2D eigenvalue weighted by Gasteiger charge is -2.04. The Morgan fingerprint density at radius 2 is 2.00 bits per heavy atom. The van der Waals surface area contributed by atoms with Gasteiger partial charge in [0.25, 0.3) is 0 Å². The summed E-state index contributed by atoms with van der Waals surface area (Å²) in [5.74, 6) is -0.139. The van der Waals surface area contributed by atoms with Gasteiger partial charge in [-0.2, -0.15) is 5.10 Å². The fourth-order valence-electron chi connectivity index (χ4n) is 1.28. The minimum Gasteiger partial charge on any atom is -0.274 e. The molecule has 1 amide bonds. The lowest BCUT2D eigenvalue weighted by Crippen LogP contribution is -2.16. The molecule has 1 aromatic carbocycles. The van der Waals surface area contributed by atoms with Crippen molar-refractivity contribution < 1.29 is 4.79 Å². The van der Waals surface area contributed by atoms with Gasteiger partial charge >= 0.3 is 0 Å². The largest absolute Gasteiger partial charge is 0.274 e. The number of amides is 1. The quantitative estimate of drug-likeness (QED) is 0.593. The number of hydrogen-bond acceptors (Lipinski definition) is 2. The number of rotatable bonds is 4. The number of hydrogen-bond donors (Lipinski definition) is 1. The molecule has 0 atom stereocenters. The van der Waals surface area contributed by atoms with Crippen molar-refractivity contribution in [3.63, 3.8) is 0 Å². The van der Waals surface area contributed by atoms with Crippen LogP contribution >= 0.6 is 0 Å². The fraction of sp³-hybridized carbons (Fsp3) is 0.333. The third-order valence-electron chi connectivity index (χ3n) is 1.94. The van der Waals surface area contributed by atoms with Gasteiger partial charge in [0.2, 0.25) is 5.91 Å². The van der Waals surface area contributed by atoms with E-state index in [1.54, 1.807) is 0 Å². The molecule has 0 aliphatic heterocycles. The first-order chi connectivity index (χ1) is 7.24. The lowest BCUT2D eigenvalue weighted by molar-refractivity contribution is -0.118. The molecule has 1 N–H and O–H groups in total. The molecule has 0 saturated carbocycles. The third-order valence-corrected chi connectivity index (χ3v) is 1.94. The second-order valence-electron chi connectivity index (χ2n) is 3.34. The van der Waals surface area contributed by atoms with Gasteiger partial charge in [0.1, 0.15) is 0 Å². The molecule has 0 aliphatic carbocycles. The van der Waals surface area contributed by atoms with Crippen molar-refractivity contribution in [3.8, 4) is 0 Å². The Morgan fingerprint density at radius 3 is 2.53 bits per heavy atom. The zero-order valence-corrected chi connectivity index (χ0v) is 9.16. The molecule has 0 saturated heterocycles. The molecule has 1 aromatic rings. The zero-order chi connectivity index (χ0) is 11.1. The smallest absolute Gasteiger partial charge is 0.236 e. The predicted octanol–water partition coefficient (Wildman–Crippen LogP) is 2.33. The molecule has 0 fully saturated rings. The second-order valence-corrected chi connectivity index (χ2v) is 3.34. The van der Waals surface area contributed by atoms with Gasteiger partial charge in [-0.3, -0.25) is 4.79 Å². The molecule has 0 aromatic heterocycles. The summed E-state index contributed by atoms with van der Waals surface area (Å²) in [5.41, 5.74) is 4.47. The molecular weight excluding hydrogens is 188 g/mol. The van der Waals surface area contributed by atoms with Crippen LogP contribution in [0.15, 0.2) is 35.4 Å². The van der Waals surface area contributed by atoms with E-state index >= 15 is 0 Å².